The molecule has 2 aromatic carbocycles. The second kappa shape index (κ2) is 6.59. The molecule has 0 saturated carbocycles. The molecule has 0 amide bonds. The molecule has 8 heteroatoms. The first kappa shape index (κ1) is 15.8. The summed E-state index contributed by atoms with van der Waals surface area (Å²) in [6.45, 7) is 0. The van der Waals surface area contributed by atoms with Crippen molar-refractivity contribution in [2.24, 2.45) is 0 Å². The summed E-state index contributed by atoms with van der Waals surface area (Å²) < 4.78 is 5.32. The van der Waals surface area contributed by atoms with Crippen LogP contribution in [0.15, 0.2) is 42.5 Å². The van der Waals surface area contributed by atoms with Gasteiger partial charge in [-0.25, -0.2) is 0 Å². The molecule has 4 N–H and O–H groups in total. The minimum absolute atomic E-state index is 0.0586. The van der Waals surface area contributed by atoms with E-state index in [1.54, 1.807) is 49.6 Å². The summed E-state index contributed by atoms with van der Waals surface area (Å²) in [5.74, 6) is 1.40. The first-order valence-corrected chi connectivity index (χ1v) is 7.34. The molecule has 0 unspecified atom stereocenters. The average Bonchev–Trinajstić information content (AvgIpc) is 2.56. The van der Waals surface area contributed by atoms with Crippen LogP contribution in [0.5, 0.6) is 11.5 Å². The summed E-state index contributed by atoms with van der Waals surface area (Å²) >= 11 is 6.05. The fourth-order valence-corrected chi connectivity index (χ4v) is 2.27. The molecular weight excluding hydrogens is 330 g/mol. The second-order valence-corrected chi connectivity index (χ2v) is 5.29. The van der Waals surface area contributed by atoms with E-state index in [0.717, 1.165) is 0 Å². The topological polar surface area (TPSA) is 106 Å². The first-order valence-electron chi connectivity index (χ1n) is 6.96. The van der Waals surface area contributed by atoms with Crippen molar-refractivity contribution in [3.05, 3.63) is 47.5 Å². The Bertz CT molecular complexity index is 871. The number of nitrogens with zero attached hydrogens (tertiary/aromatic N) is 3. The van der Waals surface area contributed by atoms with Crippen LogP contribution >= 0.6 is 11.6 Å². The molecule has 1 aromatic heterocycles. The molecular formula is C16H14ClN5O2. The van der Waals surface area contributed by atoms with Crippen LogP contribution in [0.2, 0.25) is 5.02 Å². The van der Waals surface area contributed by atoms with Crippen LogP contribution in [0.25, 0.3) is 11.4 Å². The summed E-state index contributed by atoms with van der Waals surface area (Å²) in [4.78, 5) is 12.6. The second-order valence-electron chi connectivity index (χ2n) is 4.86. The zero-order valence-corrected chi connectivity index (χ0v) is 13.4. The molecule has 0 atom stereocenters. The van der Waals surface area contributed by atoms with E-state index in [1.165, 1.54) is 0 Å². The lowest BCUT2D eigenvalue weighted by molar-refractivity contribution is 0.416. The number of nitrogens with two attached hydrogens (primary N) is 1. The van der Waals surface area contributed by atoms with Crippen LogP contribution in [-0.4, -0.2) is 27.2 Å². The molecule has 1 heterocycles. The van der Waals surface area contributed by atoms with Crippen molar-refractivity contribution in [2.75, 3.05) is 18.2 Å². The van der Waals surface area contributed by atoms with Crippen LogP contribution in [0.1, 0.15) is 0 Å². The zero-order chi connectivity index (χ0) is 17.1. The lowest BCUT2D eigenvalue weighted by atomic mass is 10.2. The van der Waals surface area contributed by atoms with E-state index in [4.69, 9.17) is 22.1 Å². The number of rotatable bonds is 4. The molecule has 0 aliphatic carbocycles. The Labute approximate surface area is 143 Å². The Hall–Kier alpha value is -3.06. The molecule has 0 spiro atoms. The van der Waals surface area contributed by atoms with Gasteiger partial charge in [0, 0.05) is 10.7 Å². The maximum absolute atomic E-state index is 9.33. The van der Waals surface area contributed by atoms with Crippen molar-refractivity contribution < 1.29 is 9.84 Å². The third-order valence-electron chi connectivity index (χ3n) is 3.18. The number of hydrogen-bond acceptors (Lipinski definition) is 7. The quantitative estimate of drug-likeness (QED) is 0.624. The van der Waals surface area contributed by atoms with E-state index in [0.29, 0.717) is 27.8 Å². The molecule has 24 heavy (non-hydrogen) atoms. The van der Waals surface area contributed by atoms with Crippen LogP contribution in [-0.2, 0) is 0 Å². The van der Waals surface area contributed by atoms with Crippen LogP contribution in [0.3, 0.4) is 0 Å². The zero-order valence-electron chi connectivity index (χ0n) is 12.7. The first-order chi connectivity index (χ1) is 11.5. The number of halogens is 1. The van der Waals surface area contributed by atoms with Crippen LogP contribution in [0.4, 0.5) is 17.6 Å². The number of anilines is 3. The Kier molecular flexibility index (Phi) is 4.35. The molecule has 0 fully saturated rings. The molecule has 0 radical (unpaired) electrons. The van der Waals surface area contributed by atoms with E-state index in [9.17, 15) is 5.11 Å². The van der Waals surface area contributed by atoms with Gasteiger partial charge in [-0.05, 0) is 42.5 Å². The molecule has 122 valence electrons. The van der Waals surface area contributed by atoms with Gasteiger partial charge in [-0.3, -0.25) is 0 Å². The SMILES string of the molecule is COc1ccc(Cl)cc1-c1nc(N)nc(Nc2ccc(O)cc2)n1. The normalized spacial score (nSPS) is 10.4. The maximum Gasteiger partial charge on any atom is 0.232 e. The minimum Gasteiger partial charge on any atom is -0.508 e. The van der Waals surface area contributed by atoms with E-state index < -0.39 is 0 Å². The van der Waals surface area contributed by atoms with Gasteiger partial charge in [0.1, 0.15) is 11.5 Å². The monoisotopic (exact) mass is 343 g/mol. The standard InChI is InChI=1S/C16H14ClN5O2/c1-24-13-7-2-9(17)8-12(13)14-20-15(18)22-16(21-14)19-10-3-5-11(23)6-4-10/h2-8,23H,1H3,(H3,18,19,20,21,22). The van der Waals surface area contributed by atoms with Gasteiger partial charge in [0.25, 0.3) is 0 Å². The number of benzene rings is 2. The Morgan fingerprint density at radius 1 is 1.08 bits per heavy atom. The van der Waals surface area contributed by atoms with Gasteiger partial charge in [-0.1, -0.05) is 11.6 Å². The number of nitrogen functional groups attached to an aromatic ring is 1. The predicted molar refractivity (Wildman–Crippen MR) is 92.6 cm³/mol. The highest BCUT2D eigenvalue weighted by Gasteiger charge is 2.13. The summed E-state index contributed by atoms with van der Waals surface area (Å²) in [6, 6.07) is 11.6. The third kappa shape index (κ3) is 3.47. The maximum atomic E-state index is 9.33. The van der Waals surface area contributed by atoms with Gasteiger partial charge < -0.3 is 20.9 Å². The van der Waals surface area contributed by atoms with Crippen molar-refractivity contribution in [3.63, 3.8) is 0 Å². The molecule has 0 aliphatic rings. The highest BCUT2D eigenvalue weighted by Crippen LogP contribution is 2.31. The molecule has 0 saturated heterocycles. The smallest absolute Gasteiger partial charge is 0.232 e. The van der Waals surface area contributed by atoms with E-state index in [2.05, 4.69) is 20.3 Å². The Balaban J connectivity index is 2.00. The lowest BCUT2D eigenvalue weighted by Gasteiger charge is -2.10. The highest BCUT2D eigenvalue weighted by molar-refractivity contribution is 6.30. The van der Waals surface area contributed by atoms with Crippen LogP contribution < -0.4 is 15.8 Å². The summed E-state index contributed by atoms with van der Waals surface area (Å²) in [5, 5.41) is 12.9. The number of phenols is 1. The van der Waals surface area contributed by atoms with Gasteiger partial charge in [0.2, 0.25) is 11.9 Å². The molecule has 3 aromatic rings. The number of ether oxygens (including phenoxy) is 1. The summed E-state index contributed by atoms with van der Waals surface area (Å²) in [5.41, 5.74) is 7.09. The number of aromatic hydroxyl groups is 1. The molecule has 7 nitrogen and oxygen atoms in total. The number of phenolic OH excluding ortho intramolecular Hbond substituents is 1. The molecule has 0 aliphatic heterocycles. The van der Waals surface area contributed by atoms with Crippen molar-refractivity contribution in [3.8, 4) is 22.9 Å². The van der Waals surface area contributed by atoms with E-state index in [1.807, 2.05) is 0 Å². The van der Waals surface area contributed by atoms with Crippen molar-refractivity contribution in [1.29, 1.82) is 0 Å². The highest BCUT2D eigenvalue weighted by atomic mass is 35.5. The number of hydrogen-bond donors (Lipinski definition) is 3. The Morgan fingerprint density at radius 2 is 1.83 bits per heavy atom. The summed E-state index contributed by atoms with van der Waals surface area (Å²) in [6.07, 6.45) is 0. The fourth-order valence-electron chi connectivity index (χ4n) is 2.10. The lowest BCUT2D eigenvalue weighted by Crippen LogP contribution is -2.05. The summed E-state index contributed by atoms with van der Waals surface area (Å²) in [7, 11) is 1.55. The average molecular weight is 344 g/mol. The minimum atomic E-state index is 0.0586. The van der Waals surface area contributed by atoms with Gasteiger partial charge in [0.05, 0.1) is 12.7 Å². The largest absolute Gasteiger partial charge is 0.508 e. The van der Waals surface area contributed by atoms with Gasteiger partial charge in [-0.2, -0.15) is 15.0 Å². The van der Waals surface area contributed by atoms with Crippen molar-refractivity contribution >= 4 is 29.2 Å². The van der Waals surface area contributed by atoms with Gasteiger partial charge in [-0.15, -0.1) is 0 Å². The Morgan fingerprint density at radius 3 is 2.54 bits per heavy atom. The third-order valence-corrected chi connectivity index (χ3v) is 3.41. The van der Waals surface area contributed by atoms with E-state index >= 15 is 0 Å². The fraction of sp³-hybridized carbons (Fsp3) is 0.0625. The molecule has 0 bridgehead atoms. The number of nitrogens with one attached hydrogen (secondary N) is 1. The molecule has 3 rings (SSSR count). The van der Waals surface area contributed by atoms with Crippen molar-refractivity contribution in [1.82, 2.24) is 15.0 Å². The van der Waals surface area contributed by atoms with E-state index in [-0.39, 0.29) is 17.6 Å². The number of methoxy groups -OCH3 is 1. The predicted octanol–water partition coefficient (Wildman–Crippen LogP) is 3.23. The van der Waals surface area contributed by atoms with Gasteiger partial charge in [0.15, 0.2) is 5.82 Å². The number of aromatic nitrogens is 3. The van der Waals surface area contributed by atoms with Crippen LogP contribution in [0, 0.1) is 0 Å². The van der Waals surface area contributed by atoms with Crippen molar-refractivity contribution in [2.45, 2.75) is 0 Å². The van der Waals surface area contributed by atoms with Gasteiger partial charge >= 0.3 is 0 Å².